The molecule has 2 N–H and O–H groups in total. The average Bonchev–Trinajstić information content (AvgIpc) is 2.95. The Hall–Kier alpha value is -3.09. The van der Waals surface area contributed by atoms with Crippen LogP contribution in [0.15, 0.2) is 42.6 Å². The zero-order valence-corrected chi connectivity index (χ0v) is 14.5. The molecular weight excluding hydrogens is 332 g/mol. The molecule has 0 bridgehead atoms. The first kappa shape index (κ1) is 16.4. The van der Waals surface area contributed by atoms with Crippen LogP contribution in [0.3, 0.4) is 0 Å². The third-order valence-electron chi connectivity index (χ3n) is 5.12. The highest BCUT2D eigenvalue weighted by Crippen LogP contribution is 2.30. The molecule has 2 aromatic rings. The second-order valence-electron chi connectivity index (χ2n) is 6.61. The van der Waals surface area contributed by atoms with Crippen molar-refractivity contribution < 1.29 is 14.3 Å². The van der Waals surface area contributed by atoms with E-state index in [4.69, 9.17) is 4.74 Å². The molecule has 7 heteroatoms. The van der Waals surface area contributed by atoms with Gasteiger partial charge in [0.2, 0.25) is 0 Å². The van der Waals surface area contributed by atoms with Gasteiger partial charge < -0.3 is 15.0 Å². The van der Waals surface area contributed by atoms with Gasteiger partial charge in [0.15, 0.2) is 0 Å². The number of hydrogen-bond donors (Lipinski definition) is 2. The number of anilines is 1. The summed E-state index contributed by atoms with van der Waals surface area (Å²) in [5, 5.41) is 5.12. The quantitative estimate of drug-likeness (QED) is 0.825. The third kappa shape index (κ3) is 2.85. The number of benzene rings is 1. The largest absolute Gasteiger partial charge is 0.497 e. The number of nitrogens with zero attached hydrogens (tertiary/aromatic N) is 2. The van der Waals surface area contributed by atoms with Gasteiger partial charge >= 0.3 is 6.03 Å². The number of imide groups is 1. The van der Waals surface area contributed by atoms with Gasteiger partial charge in [-0.3, -0.25) is 10.1 Å². The normalized spacial score (nSPS) is 18.6. The topological polar surface area (TPSA) is 83.6 Å². The van der Waals surface area contributed by atoms with Gasteiger partial charge in [-0.25, -0.2) is 9.78 Å². The molecule has 0 unspecified atom stereocenters. The number of nitrogens with one attached hydrogen (secondary N) is 2. The predicted octanol–water partition coefficient (Wildman–Crippen LogP) is 1.94. The Labute approximate surface area is 151 Å². The van der Waals surface area contributed by atoms with E-state index in [0.717, 1.165) is 22.7 Å². The van der Waals surface area contributed by atoms with Crippen LogP contribution in [0.2, 0.25) is 0 Å². The molecular formula is C19H20N4O3. The van der Waals surface area contributed by atoms with E-state index in [1.165, 1.54) is 0 Å². The summed E-state index contributed by atoms with van der Waals surface area (Å²) in [5.74, 6) is 1.47. The summed E-state index contributed by atoms with van der Waals surface area (Å²) in [5.41, 5.74) is 1.40. The van der Waals surface area contributed by atoms with Crippen molar-refractivity contribution in [2.45, 2.75) is 18.4 Å². The molecule has 1 aromatic carbocycles. The Kier molecular flexibility index (Phi) is 3.99. The van der Waals surface area contributed by atoms with Crippen molar-refractivity contribution in [3.8, 4) is 16.9 Å². The monoisotopic (exact) mass is 352 g/mol. The maximum absolute atomic E-state index is 12.1. The summed E-state index contributed by atoms with van der Waals surface area (Å²) >= 11 is 0. The molecule has 0 aliphatic carbocycles. The zero-order valence-electron chi connectivity index (χ0n) is 14.5. The van der Waals surface area contributed by atoms with E-state index in [9.17, 15) is 9.59 Å². The van der Waals surface area contributed by atoms with Crippen LogP contribution in [0.1, 0.15) is 12.8 Å². The second kappa shape index (κ2) is 6.33. The van der Waals surface area contributed by atoms with Crippen molar-refractivity contribution in [2.24, 2.45) is 0 Å². The lowest BCUT2D eigenvalue weighted by Gasteiger charge is -2.37. The van der Waals surface area contributed by atoms with Crippen molar-refractivity contribution in [1.82, 2.24) is 15.6 Å². The van der Waals surface area contributed by atoms with Gasteiger partial charge in [0, 0.05) is 19.3 Å². The second-order valence-corrected chi connectivity index (χ2v) is 6.61. The van der Waals surface area contributed by atoms with Gasteiger partial charge in [0.05, 0.1) is 7.11 Å². The van der Waals surface area contributed by atoms with Crippen LogP contribution in [-0.4, -0.2) is 42.7 Å². The van der Waals surface area contributed by atoms with Crippen molar-refractivity contribution in [3.63, 3.8) is 0 Å². The minimum atomic E-state index is -0.763. The Morgan fingerprint density at radius 2 is 1.81 bits per heavy atom. The molecule has 2 fully saturated rings. The summed E-state index contributed by atoms with van der Waals surface area (Å²) < 4.78 is 5.20. The van der Waals surface area contributed by atoms with Crippen molar-refractivity contribution in [3.05, 3.63) is 42.6 Å². The molecule has 0 atom stereocenters. The molecule has 1 aromatic heterocycles. The fourth-order valence-corrected chi connectivity index (χ4v) is 3.55. The van der Waals surface area contributed by atoms with Crippen molar-refractivity contribution in [1.29, 1.82) is 0 Å². The van der Waals surface area contributed by atoms with E-state index in [1.807, 2.05) is 36.4 Å². The maximum atomic E-state index is 12.1. The van der Waals surface area contributed by atoms with E-state index in [0.29, 0.717) is 25.9 Å². The first-order valence-electron chi connectivity index (χ1n) is 8.59. The van der Waals surface area contributed by atoms with E-state index in [-0.39, 0.29) is 5.91 Å². The number of pyridine rings is 1. The Morgan fingerprint density at radius 1 is 1.08 bits per heavy atom. The first-order valence-corrected chi connectivity index (χ1v) is 8.59. The SMILES string of the molecule is COc1ccc(-c2ccnc(N3CCC4(CC3)NC(=O)NC4=O)c2)cc1. The fourth-order valence-electron chi connectivity index (χ4n) is 3.55. The van der Waals surface area contributed by atoms with Crippen LogP contribution in [0.4, 0.5) is 10.6 Å². The van der Waals surface area contributed by atoms with Gasteiger partial charge in [0.25, 0.3) is 5.91 Å². The number of aromatic nitrogens is 1. The summed E-state index contributed by atoms with van der Waals surface area (Å²) in [7, 11) is 1.65. The molecule has 3 heterocycles. The highest BCUT2D eigenvalue weighted by molar-refractivity contribution is 6.07. The molecule has 1 spiro atoms. The summed E-state index contributed by atoms with van der Waals surface area (Å²) in [6.45, 7) is 1.32. The van der Waals surface area contributed by atoms with Crippen LogP contribution in [0, 0.1) is 0 Å². The average molecular weight is 352 g/mol. The smallest absolute Gasteiger partial charge is 0.322 e. The lowest BCUT2D eigenvalue weighted by molar-refractivity contribution is -0.124. The van der Waals surface area contributed by atoms with Crippen LogP contribution in [-0.2, 0) is 4.79 Å². The van der Waals surface area contributed by atoms with Gasteiger partial charge in [-0.05, 0) is 48.2 Å². The molecule has 2 aliphatic heterocycles. The Bertz CT molecular complexity index is 842. The van der Waals surface area contributed by atoms with E-state index < -0.39 is 11.6 Å². The lowest BCUT2D eigenvalue weighted by Crippen LogP contribution is -2.55. The number of hydrogen-bond acceptors (Lipinski definition) is 5. The van der Waals surface area contributed by atoms with E-state index in [1.54, 1.807) is 13.3 Å². The molecule has 4 rings (SSSR count). The third-order valence-corrected chi connectivity index (χ3v) is 5.12. The number of carbonyl (C=O) groups is 2. The number of methoxy groups -OCH3 is 1. The van der Waals surface area contributed by atoms with Crippen LogP contribution in [0.5, 0.6) is 5.75 Å². The number of rotatable bonds is 3. The number of urea groups is 1. The Morgan fingerprint density at radius 3 is 2.42 bits per heavy atom. The highest BCUT2D eigenvalue weighted by Gasteiger charge is 2.47. The minimum absolute atomic E-state index is 0.220. The molecule has 134 valence electrons. The minimum Gasteiger partial charge on any atom is -0.497 e. The standard InChI is InChI=1S/C19H20N4O3/c1-26-15-4-2-13(3-5-15)14-6-9-20-16(12-14)23-10-7-19(8-11-23)17(24)21-18(25)22-19/h2-6,9,12H,7-8,10-11H2,1H3,(H2,21,22,24,25). The number of piperidine rings is 1. The molecule has 7 nitrogen and oxygen atoms in total. The van der Waals surface area contributed by atoms with Crippen molar-refractivity contribution in [2.75, 3.05) is 25.1 Å². The van der Waals surface area contributed by atoms with Crippen LogP contribution in [0.25, 0.3) is 11.1 Å². The maximum Gasteiger partial charge on any atom is 0.322 e. The number of amides is 3. The van der Waals surface area contributed by atoms with E-state index >= 15 is 0 Å². The lowest BCUT2D eigenvalue weighted by atomic mass is 9.87. The molecule has 2 saturated heterocycles. The number of ether oxygens (including phenoxy) is 1. The first-order chi connectivity index (χ1) is 12.6. The van der Waals surface area contributed by atoms with Gasteiger partial charge in [0.1, 0.15) is 17.1 Å². The molecule has 0 radical (unpaired) electrons. The molecule has 0 saturated carbocycles. The van der Waals surface area contributed by atoms with Gasteiger partial charge in [-0.2, -0.15) is 0 Å². The summed E-state index contributed by atoms with van der Waals surface area (Å²) in [6, 6.07) is 11.5. The summed E-state index contributed by atoms with van der Waals surface area (Å²) in [6.07, 6.45) is 2.93. The highest BCUT2D eigenvalue weighted by atomic mass is 16.5. The molecule has 26 heavy (non-hydrogen) atoms. The van der Waals surface area contributed by atoms with Gasteiger partial charge in [-0.15, -0.1) is 0 Å². The zero-order chi connectivity index (χ0) is 18.1. The molecule has 3 amide bonds. The summed E-state index contributed by atoms with van der Waals surface area (Å²) in [4.78, 5) is 30.1. The number of carbonyl (C=O) groups excluding carboxylic acids is 2. The van der Waals surface area contributed by atoms with Crippen LogP contribution >= 0.6 is 0 Å². The molecule has 2 aliphatic rings. The van der Waals surface area contributed by atoms with Crippen molar-refractivity contribution >= 4 is 17.8 Å². The fraction of sp³-hybridized carbons (Fsp3) is 0.316. The van der Waals surface area contributed by atoms with E-state index in [2.05, 4.69) is 20.5 Å². The predicted molar refractivity (Wildman–Crippen MR) is 97.1 cm³/mol. The Balaban J connectivity index is 1.51. The van der Waals surface area contributed by atoms with Gasteiger partial charge in [-0.1, -0.05) is 12.1 Å². The van der Waals surface area contributed by atoms with Crippen LogP contribution < -0.4 is 20.3 Å².